The molecular weight excluding hydrogens is 1680 g/mol. The molecule has 0 bridgehead atoms. The third kappa shape index (κ3) is 12.3. The number of aromatic nitrogens is 3. The molecule has 0 unspecified atom stereocenters. The third-order valence-corrected chi connectivity index (χ3v) is 27.8. The minimum absolute atomic E-state index is 0.879. The number of benzene rings is 21. The number of furan rings is 6. The molecule has 0 atom stereocenters. The minimum atomic E-state index is 0.879. The predicted octanol–water partition coefficient (Wildman–Crippen LogP) is 36.3. The maximum absolute atomic E-state index is 6.65. The second-order valence-corrected chi connectivity index (χ2v) is 35.4. The Balaban J connectivity index is 0.000000102. The normalized spacial score (nSPS) is 11.9. The van der Waals surface area contributed by atoms with Crippen LogP contribution in [0.15, 0.2) is 494 Å². The Morgan fingerprint density at radius 1 is 0.139 bits per heavy atom. The van der Waals surface area contributed by atoms with E-state index >= 15 is 0 Å². The van der Waals surface area contributed by atoms with Crippen LogP contribution in [0.5, 0.6) is 0 Å². The van der Waals surface area contributed by atoms with Crippen molar-refractivity contribution < 1.29 is 26.5 Å². The van der Waals surface area contributed by atoms with Crippen molar-refractivity contribution in [3.05, 3.63) is 467 Å². The van der Waals surface area contributed by atoms with Crippen molar-refractivity contribution >= 4 is 186 Å². The summed E-state index contributed by atoms with van der Waals surface area (Å²) >= 11 is 0. The summed E-state index contributed by atoms with van der Waals surface area (Å²) in [6.45, 7) is 0. The Morgan fingerprint density at radius 2 is 0.438 bits per heavy atom. The summed E-state index contributed by atoms with van der Waals surface area (Å²) < 4.78 is 46.4. The summed E-state index contributed by atoms with van der Waals surface area (Å²) in [5.41, 5.74) is 36.8. The molecule has 9 heterocycles. The lowest BCUT2D eigenvalue weighted by Crippen LogP contribution is -1.93. The quantitative estimate of drug-likeness (QED) is 0.135. The van der Waals surface area contributed by atoms with Crippen molar-refractivity contribution in [1.29, 1.82) is 0 Å². The van der Waals surface area contributed by atoms with Crippen molar-refractivity contribution in [3.63, 3.8) is 0 Å². The number of fused-ring (bicyclic) bond motifs is 28. The van der Waals surface area contributed by atoms with Crippen molar-refractivity contribution in [2.75, 3.05) is 0 Å². The van der Waals surface area contributed by atoms with Gasteiger partial charge < -0.3 is 40.2 Å². The fourth-order valence-corrected chi connectivity index (χ4v) is 21.8. The van der Waals surface area contributed by atoms with Crippen LogP contribution in [0.4, 0.5) is 0 Å². The molecule has 0 spiro atoms. The maximum Gasteiger partial charge on any atom is 0.161 e. The predicted molar refractivity (Wildman–Crippen MR) is 567 cm³/mol. The molecule has 0 N–H and O–H groups in total. The van der Waals surface area contributed by atoms with Gasteiger partial charge in [-0.05, 0) is 234 Å². The van der Waals surface area contributed by atoms with E-state index in [1.807, 2.05) is 6.07 Å². The molecule has 137 heavy (non-hydrogen) atoms. The molecule has 0 aliphatic heterocycles. The topological polar surface area (TPSA) is 93.6 Å². The third-order valence-electron chi connectivity index (χ3n) is 27.8. The Labute approximate surface area is 783 Å². The lowest BCUT2D eigenvalue weighted by molar-refractivity contribution is 0.669. The van der Waals surface area contributed by atoms with Crippen LogP contribution in [0.2, 0.25) is 0 Å². The Kier molecular flexibility index (Phi) is 17.6. The van der Waals surface area contributed by atoms with Gasteiger partial charge in [-0.1, -0.05) is 322 Å². The van der Waals surface area contributed by atoms with Gasteiger partial charge in [-0.15, -0.1) is 0 Å². The van der Waals surface area contributed by atoms with Crippen LogP contribution in [0.3, 0.4) is 0 Å². The standard InChI is InChI=1S/C44H27NO2.2C42H25NO2/c1-3-13-28(14-4-1)34-22-10-23-36-40-32(20-11-25-38(40)46-43(34)36)29-15-9-16-30(27-29)33-21-12-26-39-41(33)42-44(47-39)35-19-7-8-24-37(35)45(42)31-17-5-2-6-18-31;1-2-14-29(15-3-1)43-35-20-7-6-17-33(35)42-40(43)39-31(19-10-22-37(39)45-42)28-13-8-12-27(25-28)30-18-9-21-36-38(30)34-24-23-26-11-4-5-16-32(26)41(34)44-36;1-2-13-30(14-3-1)43-35-18-7-6-16-33(35)42-41(43)40-32(17-9-19-36(40)45-42)29-12-8-11-27(24-29)28-20-22-34-38(25-28)44-37-23-21-26-10-4-5-15-31(26)39(34)37/h1-27H;2*1-25H. The second kappa shape index (κ2) is 31.1. The fraction of sp³-hybridized carbons (Fsp3) is 0. The van der Waals surface area contributed by atoms with E-state index in [1.165, 1.54) is 21.5 Å². The van der Waals surface area contributed by atoms with E-state index in [0.717, 1.165) is 260 Å². The van der Waals surface area contributed by atoms with E-state index in [4.69, 9.17) is 26.5 Å². The molecule has 640 valence electrons. The highest BCUT2D eigenvalue weighted by Crippen LogP contribution is 2.51. The van der Waals surface area contributed by atoms with Gasteiger partial charge in [0.05, 0.1) is 32.7 Å². The summed E-state index contributed by atoms with van der Waals surface area (Å²) in [6, 6.07) is 165. The van der Waals surface area contributed by atoms with Gasteiger partial charge >= 0.3 is 0 Å². The monoisotopic (exact) mass is 1750 g/mol. The number of para-hydroxylation sites is 7. The fourth-order valence-electron chi connectivity index (χ4n) is 21.8. The number of hydrogen-bond donors (Lipinski definition) is 0. The Morgan fingerprint density at radius 3 is 0.905 bits per heavy atom. The zero-order chi connectivity index (χ0) is 89.9. The van der Waals surface area contributed by atoms with Gasteiger partial charge in [0.25, 0.3) is 0 Å². The number of hydrogen-bond acceptors (Lipinski definition) is 6. The molecule has 0 saturated carbocycles. The minimum Gasteiger partial charge on any atom is -0.456 e. The van der Waals surface area contributed by atoms with Gasteiger partial charge in [0.1, 0.15) is 66.8 Å². The zero-order valence-corrected chi connectivity index (χ0v) is 73.7. The molecule has 0 aliphatic carbocycles. The summed E-state index contributed by atoms with van der Waals surface area (Å²) in [6.07, 6.45) is 0. The smallest absolute Gasteiger partial charge is 0.161 e. The first kappa shape index (κ1) is 77.3. The van der Waals surface area contributed by atoms with Crippen LogP contribution in [0.1, 0.15) is 0 Å². The lowest BCUT2D eigenvalue weighted by atomic mass is 9.94. The summed E-state index contributed by atoms with van der Waals surface area (Å²) in [5, 5.41) is 18.3. The van der Waals surface area contributed by atoms with Crippen LogP contribution in [0.25, 0.3) is 281 Å². The molecular formula is C128H77N3O6. The summed E-state index contributed by atoms with van der Waals surface area (Å²) in [5.74, 6) is 0. The number of rotatable bonds is 10. The molecule has 0 amide bonds. The highest BCUT2D eigenvalue weighted by molar-refractivity contribution is 6.26. The van der Waals surface area contributed by atoms with Crippen LogP contribution in [-0.4, -0.2) is 13.7 Å². The molecule has 0 radical (unpaired) electrons. The largest absolute Gasteiger partial charge is 0.456 e. The first-order valence-electron chi connectivity index (χ1n) is 46.5. The molecule has 0 saturated heterocycles. The van der Waals surface area contributed by atoms with Gasteiger partial charge in [-0.2, -0.15) is 0 Å². The van der Waals surface area contributed by atoms with Gasteiger partial charge in [0.2, 0.25) is 0 Å². The molecule has 9 nitrogen and oxygen atoms in total. The van der Waals surface area contributed by atoms with Crippen molar-refractivity contribution in [2.45, 2.75) is 0 Å². The van der Waals surface area contributed by atoms with Crippen LogP contribution in [0, 0.1) is 0 Å². The molecule has 30 aromatic rings. The van der Waals surface area contributed by atoms with Gasteiger partial charge in [-0.25, -0.2) is 0 Å². The molecule has 21 aromatic carbocycles. The van der Waals surface area contributed by atoms with Crippen molar-refractivity contribution in [3.8, 4) is 95.0 Å². The van der Waals surface area contributed by atoms with E-state index in [2.05, 4.69) is 475 Å². The molecule has 9 heteroatoms. The average molecular weight is 1750 g/mol. The lowest BCUT2D eigenvalue weighted by Gasteiger charge is -2.11. The number of nitrogens with zero attached hydrogens (tertiary/aromatic N) is 3. The van der Waals surface area contributed by atoms with E-state index in [-0.39, 0.29) is 0 Å². The highest BCUT2D eigenvalue weighted by atomic mass is 16.4. The Bertz CT molecular complexity index is 10100. The molecule has 0 aliphatic rings. The second-order valence-electron chi connectivity index (χ2n) is 35.4. The average Bonchev–Trinajstić information content (AvgIpc) is 1.56. The molecule has 9 aromatic heterocycles. The van der Waals surface area contributed by atoms with Gasteiger partial charge in [0, 0.05) is 76.5 Å². The Hall–Kier alpha value is -18.4. The van der Waals surface area contributed by atoms with E-state index in [0.29, 0.717) is 0 Å². The maximum atomic E-state index is 6.65. The van der Waals surface area contributed by atoms with Crippen LogP contribution in [-0.2, 0) is 0 Å². The van der Waals surface area contributed by atoms with Crippen LogP contribution >= 0.6 is 0 Å². The zero-order valence-electron chi connectivity index (χ0n) is 73.7. The van der Waals surface area contributed by atoms with Crippen LogP contribution < -0.4 is 0 Å². The van der Waals surface area contributed by atoms with E-state index < -0.39 is 0 Å². The highest BCUT2D eigenvalue weighted by Gasteiger charge is 2.28. The first-order chi connectivity index (χ1) is 68.0. The van der Waals surface area contributed by atoms with Crippen molar-refractivity contribution in [1.82, 2.24) is 13.7 Å². The van der Waals surface area contributed by atoms with E-state index in [1.54, 1.807) is 0 Å². The van der Waals surface area contributed by atoms with E-state index in [9.17, 15) is 0 Å². The summed E-state index contributed by atoms with van der Waals surface area (Å²) in [7, 11) is 0. The summed E-state index contributed by atoms with van der Waals surface area (Å²) in [4.78, 5) is 0. The SMILES string of the molecule is c1ccc(-c2cccc3c2oc2cccc(-c4cccc(-c5cccc6oc7c8ccccc8n(-c8ccccc8)c7c56)c4)c23)cc1.c1ccc(-n2c3ccccc3c3oc4cccc(-c5cccc(-c6ccc7c(c6)oc6ccc8ccccc8c67)c5)c4c32)cc1.c1ccc(-n2c3ccccc3c3oc4cccc(-c5cccc(-c6cccc7oc8c9ccccc9ccc8c67)c5)c4c32)cc1. The van der Waals surface area contributed by atoms with Gasteiger partial charge in [-0.3, -0.25) is 0 Å². The molecule has 30 rings (SSSR count). The first-order valence-corrected chi connectivity index (χ1v) is 46.5. The van der Waals surface area contributed by atoms with Crippen molar-refractivity contribution in [2.24, 2.45) is 0 Å². The van der Waals surface area contributed by atoms with Gasteiger partial charge in [0.15, 0.2) is 16.7 Å². The molecule has 0 fully saturated rings.